The number of anilines is 1. The van der Waals surface area contributed by atoms with Crippen molar-refractivity contribution in [1.82, 2.24) is 0 Å². The summed E-state index contributed by atoms with van der Waals surface area (Å²) in [6.45, 7) is 0. The molecule has 1 amide bonds. The van der Waals surface area contributed by atoms with Crippen LogP contribution in [0.3, 0.4) is 0 Å². The third kappa shape index (κ3) is 1.49. The van der Waals surface area contributed by atoms with Gasteiger partial charge in [0.1, 0.15) is 0 Å². The zero-order valence-corrected chi connectivity index (χ0v) is 7.16. The van der Waals surface area contributed by atoms with Crippen molar-refractivity contribution in [2.24, 2.45) is 5.73 Å². The van der Waals surface area contributed by atoms with Gasteiger partial charge in [0.05, 0.1) is 0 Å². The molecule has 2 rings (SSSR count). The molecule has 3 nitrogen and oxygen atoms in total. The molecule has 1 radical (unpaired) electrons. The first-order chi connectivity index (χ1) is 6.18. The lowest BCUT2D eigenvalue weighted by Crippen LogP contribution is -2.11. The van der Waals surface area contributed by atoms with Gasteiger partial charge in [-0.15, -0.1) is 0 Å². The van der Waals surface area contributed by atoms with E-state index in [1.807, 2.05) is 6.07 Å². The summed E-state index contributed by atoms with van der Waals surface area (Å²) in [6.07, 6.45) is 3.26. The Bertz CT molecular complexity index is 356. The van der Waals surface area contributed by atoms with Gasteiger partial charge in [-0.3, -0.25) is 4.79 Å². The Labute approximate surface area is 76.7 Å². The predicted molar refractivity (Wildman–Crippen MR) is 51.0 cm³/mol. The van der Waals surface area contributed by atoms with Crippen LogP contribution in [0.1, 0.15) is 28.3 Å². The summed E-state index contributed by atoms with van der Waals surface area (Å²) in [6, 6.07) is 5.24. The van der Waals surface area contributed by atoms with Crippen LogP contribution in [0.5, 0.6) is 0 Å². The molecule has 1 aliphatic rings. The summed E-state index contributed by atoms with van der Waals surface area (Å²) in [5.74, 6) is 0.0555. The second-order valence-electron chi connectivity index (χ2n) is 3.29. The van der Waals surface area contributed by atoms with E-state index in [4.69, 9.17) is 11.5 Å². The first kappa shape index (κ1) is 8.10. The first-order valence-corrected chi connectivity index (χ1v) is 4.21. The third-order valence-corrected chi connectivity index (χ3v) is 2.24. The number of nitrogen functional groups attached to an aromatic ring is 1. The molecule has 67 valence electrons. The SMILES string of the molecule is NC(=O)c1ccc(C2[CH]C2)c(N)c1. The van der Waals surface area contributed by atoms with Gasteiger partial charge in [-0.05, 0) is 36.5 Å². The molecule has 1 saturated carbocycles. The highest BCUT2D eigenvalue weighted by Gasteiger charge is 2.25. The fourth-order valence-corrected chi connectivity index (χ4v) is 1.39. The minimum Gasteiger partial charge on any atom is -0.398 e. The van der Waals surface area contributed by atoms with Crippen LogP contribution in [-0.2, 0) is 0 Å². The van der Waals surface area contributed by atoms with Crippen molar-refractivity contribution in [3.63, 3.8) is 0 Å². The highest BCUT2D eigenvalue weighted by atomic mass is 16.1. The van der Waals surface area contributed by atoms with Gasteiger partial charge in [0, 0.05) is 11.3 Å². The molecular weight excluding hydrogens is 164 g/mol. The Balaban J connectivity index is 2.36. The standard InChI is InChI=1S/C10H11N2O/c11-9-5-7(10(12)13)3-4-8(9)6-1-2-6/h1,3-6H,2,11H2,(H2,12,13). The van der Waals surface area contributed by atoms with Crippen molar-refractivity contribution < 1.29 is 4.79 Å². The smallest absolute Gasteiger partial charge is 0.248 e. The van der Waals surface area contributed by atoms with Gasteiger partial charge in [0.25, 0.3) is 0 Å². The van der Waals surface area contributed by atoms with E-state index in [1.165, 1.54) is 0 Å². The van der Waals surface area contributed by atoms with Crippen LogP contribution >= 0.6 is 0 Å². The van der Waals surface area contributed by atoms with Crippen molar-refractivity contribution in [2.75, 3.05) is 5.73 Å². The lowest BCUT2D eigenvalue weighted by atomic mass is 10.1. The molecule has 1 fully saturated rings. The van der Waals surface area contributed by atoms with Crippen molar-refractivity contribution in [3.05, 3.63) is 35.7 Å². The molecule has 0 spiro atoms. The predicted octanol–water partition coefficient (Wildman–Crippen LogP) is 1.06. The minimum atomic E-state index is -0.432. The van der Waals surface area contributed by atoms with Crippen LogP contribution in [0.4, 0.5) is 5.69 Å². The Hall–Kier alpha value is -1.51. The summed E-state index contributed by atoms with van der Waals surface area (Å²) >= 11 is 0. The quantitative estimate of drug-likeness (QED) is 0.660. The molecule has 0 aromatic heterocycles. The Morgan fingerprint density at radius 3 is 2.62 bits per heavy atom. The maximum Gasteiger partial charge on any atom is 0.248 e. The van der Waals surface area contributed by atoms with E-state index in [1.54, 1.807) is 12.1 Å². The molecule has 0 heterocycles. The number of hydrogen-bond acceptors (Lipinski definition) is 2. The van der Waals surface area contributed by atoms with E-state index in [9.17, 15) is 4.79 Å². The maximum absolute atomic E-state index is 10.8. The van der Waals surface area contributed by atoms with Gasteiger partial charge < -0.3 is 11.5 Å². The second-order valence-corrected chi connectivity index (χ2v) is 3.29. The van der Waals surface area contributed by atoms with E-state index in [-0.39, 0.29) is 0 Å². The average molecular weight is 175 g/mol. The number of amides is 1. The van der Waals surface area contributed by atoms with Crippen molar-refractivity contribution in [3.8, 4) is 0 Å². The molecule has 1 atom stereocenters. The van der Waals surface area contributed by atoms with E-state index >= 15 is 0 Å². The van der Waals surface area contributed by atoms with Gasteiger partial charge >= 0.3 is 0 Å². The van der Waals surface area contributed by atoms with Crippen LogP contribution in [-0.4, -0.2) is 5.91 Å². The fraction of sp³-hybridized carbons (Fsp3) is 0.200. The Morgan fingerprint density at radius 1 is 1.46 bits per heavy atom. The van der Waals surface area contributed by atoms with Crippen LogP contribution in [0, 0.1) is 6.42 Å². The Morgan fingerprint density at radius 2 is 2.15 bits per heavy atom. The summed E-state index contributed by atoms with van der Waals surface area (Å²) < 4.78 is 0. The molecule has 3 heteroatoms. The molecule has 1 aromatic rings. The molecule has 0 aliphatic heterocycles. The lowest BCUT2D eigenvalue weighted by Gasteiger charge is -2.04. The maximum atomic E-state index is 10.8. The van der Waals surface area contributed by atoms with Crippen molar-refractivity contribution >= 4 is 11.6 Å². The Kier molecular flexibility index (Phi) is 1.72. The van der Waals surface area contributed by atoms with E-state index in [0.29, 0.717) is 17.2 Å². The third-order valence-electron chi connectivity index (χ3n) is 2.24. The highest BCUT2D eigenvalue weighted by molar-refractivity contribution is 5.93. The number of rotatable bonds is 2. The molecule has 0 saturated heterocycles. The lowest BCUT2D eigenvalue weighted by molar-refractivity contribution is 0.100. The van der Waals surface area contributed by atoms with Gasteiger partial charge in [-0.2, -0.15) is 0 Å². The fourth-order valence-electron chi connectivity index (χ4n) is 1.39. The van der Waals surface area contributed by atoms with Gasteiger partial charge in [0.15, 0.2) is 0 Å². The second kappa shape index (κ2) is 2.76. The number of primary amides is 1. The van der Waals surface area contributed by atoms with Gasteiger partial charge in [-0.25, -0.2) is 0 Å². The first-order valence-electron chi connectivity index (χ1n) is 4.21. The van der Waals surface area contributed by atoms with E-state index < -0.39 is 5.91 Å². The van der Waals surface area contributed by atoms with Crippen molar-refractivity contribution in [1.29, 1.82) is 0 Å². The van der Waals surface area contributed by atoms with Gasteiger partial charge in [0.2, 0.25) is 5.91 Å². The molecule has 1 aliphatic carbocycles. The molecule has 1 unspecified atom stereocenters. The topological polar surface area (TPSA) is 69.1 Å². The molecule has 0 bridgehead atoms. The zero-order valence-electron chi connectivity index (χ0n) is 7.16. The molecule has 4 N–H and O–H groups in total. The normalized spacial score (nSPS) is 15.7. The van der Waals surface area contributed by atoms with Crippen LogP contribution in [0.15, 0.2) is 18.2 Å². The summed E-state index contributed by atoms with van der Waals surface area (Å²) in [5, 5.41) is 0. The number of carbonyl (C=O) groups excluding carboxylic acids is 1. The number of hydrogen-bond donors (Lipinski definition) is 2. The minimum absolute atomic E-state index is 0.432. The summed E-state index contributed by atoms with van der Waals surface area (Å²) in [7, 11) is 0. The monoisotopic (exact) mass is 175 g/mol. The molecular formula is C10H11N2O. The van der Waals surface area contributed by atoms with Crippen molar-refractivity contribution in [2.45, 2.75) is 12.3 Å². The van der Waals surface area contributed by atoms with Crippen LogP contribution < -0.4 is 11.5 Å². The van der Waals surface area contributed by atoms with Gasteiger partial charge in [-0.1, -0.05) is 6.07 Å². The van der Waals surface area contributed by atoms with E-state index in [2.05, 4.69) is 6.42 Å². The van der Waals surface area contributed by atoms with Crippen LogP contribution in [0.2, 0.25) is 0 Å². The number of nitrogens with two attached hydrogens (primary N) is 2. The van der Waals surface area contributed by atoms with E-state index in [0.717, 1.165) is 12.0 Å². The van der Waals surface area contributed by atoms with Crippen LogP contribution in [0.25, 0.3) is 0 Å². The summed E-state index contributed by atoms with van der Waals surface area (Å²) in [4.78, 5) is 10.8. The molecule has 13 heavy (non-hydrogen) atoms. The zero-order chi connectivity index (χ0) is 9.42. The average Bonchev–Trinajstić information content (AvgIpc) is 2.87. The highest BCUT2D eigenvalue weighted by Crippen LogP contribution is 2.41. The summed E-state index contributed by atoms with van der Waals surface area (Å²) in [5.41, 5.74) is 13.1. The number of carbonyl (C=O) groups is 1. The number of benzene rings is 1. The largest absolute Gasteiger partial charge is 0.398 e. The molecule has 1 aromatic carbocycles.